The standard InChI is InChI=1S/C5H10NO4/c1-5(2,3-7)4(8)6(9)10/h7H,3H2,1-2H3,(H-,8,9,10)/q-1. The smallest absolute Gasteiger partial charge is 0.365 e. The third-order valence-corrected chi connectivity index (χ3v) is 1.17. The largest absolute Gasteiger partial charge is 0.610 e. The van der Waals surface area contributed by atoms with Crippen LogP contribution in [0.3, 0.4) is 0 Å². The van der Waals surface area contributed by atoms with Crippen molar-refractivity contribution < 1.29 is 15.1 Å². The second kappa shape index (κ2) is 2.74. The van der Waals surface area contributed by atoms with Crippen LogP contribution in [0, 0.1) is 15.8 Å². The van der Waals surface area contributed by atoms with Gasteiger partial charge in [-0.1, -0.05) is 0 Å². The number of aliphatic hydroxyl groups excluding tert-OH is 2. The van der Waals surface area contributed by atoms with Gasteiger partial charge in [0.15, 0.2) is 0 Å². The van der Waals surface area contributed by atoms with Crippen molar-refractivity contribution in [2.45, 2.75) is 13.8 Å². The van der Waals surface area contributed by atoms with Crippen LogP contribution < -0.4 is 0 Å². The Morgan fingerprint density at radius 1 is 1.50 bits per heavy atom. The summed E-state index contributed by atoms with van der Waals surface area (Å²) >= 11 is 0. The molecule has 0 radical (unpaired) electrons. The lowest BCUT2D eigenvalue weighted by Gasteiger charge is -2.18. The van der Waals surface area contributed by atoms with Crippen molar-refractivity contribution in [3.63, 3.8) is 0 Å². The summed E-state index contributed by atoms with van der Waals surface area (Å²) in [6.07, 6.45) is 0. The summed E-state index contributed by atoms with van der Waals surface area (Å²) in [6.45, 7) is 2.32. The van der Waals surface area contributed by atoms with E-state index in [0.717, 1.165) is 0 Å². The van der Waals surface area contributed by atoms with E-state index in [9.17, 15) is 10.4 Å². The minimum atomic E-state index is -1.15. The lowest BCUT2D eigenvalue weighted by molar-refractivity contribution is -0.396. The minimum Gasteiger partial charge on any atom is -0.610 e. The Labute approximate surface area is 58.4 Å². The van der Waals surface area contributed by atoms with Crippen molar-refractivity contribution in [2.24, 2.45) is 5.41 Å². The summed E-state index contributed by atoms with van der Waals surface area (Å²) in [5, 5.41) is 37.1. The van der Waals surface area contributed by atoms with Crippen molar-refractivity contribution in [3.05, 3.63) is 10.4 Å². The zero-order valence-corrected chi connectivity index (χ0v) is 5.87. The molecule has 60 valence electrons. The molecule has 10 heavy (non-hydrogen) atoms. The monoisotopic (exact) mass is 148 g/mol. The molecule has 0 aliphatic carbocycles. The van der Waals surface area contributed by atoms with Gasteiger partial charge in [0.25, 0.3) is 0 Å². The van der Waals surface area contributed by atoms with Crippen molar-refractivity contribution in [1.82, 2.24) is 0 Å². The average molecular weight is 148 g/mol. The van der Waals surface area contributed by atoms with Crippen LogP contribution >= 0.6 is 0 Å². The second-order valence-corrected chi connectivity index (χ2v) is 2.62. The molecule has 0 unspecified atom stereocenters. The highest BCUT2D eigenvalue weighted by Crippen LogP contribution is 2.13. The van der Waals surface area contributed by atoms with Gasteiger partial charge in [-0.3, -0.25) is 0 Å². The van der Waals surface area contributed by atoms with Gasteiger partial charge in [-0.15, -0.1) is 4.90 Å². The molecule has 2 N–H and O–H groups in total. The van der Waals surface area contributed by atoms with Crippen LogP contribution in [0.5, 0.6) is 0 Å². The van der Waals surface area contributed by atoms with Gasteiger partial charge in [0.1, 0.15) is 5.41 Å². The fourth-order valence-electron chi connectivity index (χ4n) is 0.318. The molecule has 0 aliphatic rings. The third kappa shape index (κ3) is 1.77. The van der Waals surface area contributed by atoms with Gasteiger partial charge < -0.3 is 20.6 Å². The van der Waals surface area contributed by atoms with E-state index in [0.29, 0.717) is 0 Å². The SMILES string of the molecule is CC(C)(CO)C(O)=[N+]([O-])[O-]. The van der Waals surface area contributed by atoms with Crippen molar-refractivity contribution in [2.75, 3.05) is 6.61 Å². The molecule has 0 spiro atoms. The third-order valence-electron chi connectivity index (χ3n) is 1.17. The fraction of sp³-hybridized carbons (Fsp3) is 0.800. The second-order valence-electron chi connectivity index (χ2n) is 2.62. The topological polar surface area (TPSA) is 89.6 Å². The van der Waals surface area contributed by atoms with Crippen LogP contribution in [-0.4, -0.2) is 27.6 Å². The number of nitrogens with zero attached hydrogens (tertiary/aromatic N) is 1. The van der Waals surface area contributed by atoms with Gasteiger partial charge in [-0.25, -0.2) is 0 Å². The summed E-state index contributed by atoms with van der Waals surface area (Å²) in [7, 11) is 0. The lowest BCUT2D eigenvalue weighted by Crippen LogP contribution is -2.32. The summed E-state index contributed by atoms with van der Waals surface area (Å²) in [6, 6.07) is 0. The number of hydrogen-bond acceptors (Lipinski definition) is 3. The summed E-state index contributed by atoms with van der Waals surface area (Å²) < 4.78 is 0. The molecular formula is C5H10NO4-. The Balaban J connectivity index is 4.49. The Kier molecular flexibility index (Phi) is 2.48. The van der Waals surface area contributed by atoms with Gasteiger partial charge in [-0.05, 0) is 13.8 Å². The Morgan fingerprint density at radius 2 is 1.90 bits per heavy atom. The highest BCUT2D eigenvalue weighted by Gasteiger charge is 2.29. The maximum Gasteiger partial charge on any atom is 0.365 e. The van der Waals surface area contributed by atoms with Crippen LogP contribution in [-0.2, 0) is 0 Å². The van der Waals surface area contributed by atoms with Crippen LogP contribution in [0.25, 0.3) is 0 Å². The van der Waals surface area contributed by atoms with E-state index >= 15 is 0 Å². The van der Waals surface area contributed by atoms with Crippen LogP contribution in [0.15, 0.2) is 0 Å². The van der Waals surface area contributed by atoms with Gasteiger partial charge in [-0.2, -0.15) is 0 Å². The molecule has 0 aromatic carbocycles. The van der Waals surface area contributed by atoms with Gasteiger partial charge in [0.05, 0.1) is 6.61 Å². The summed E-state index contributed by atoms with van der Waals surface area (Å²) in [4.78, 5) is -0.907. The molecule has 0 atom stereocenters. The first-order chi connectivity index (χ1) is 4.41. The van der Waals surface area contributed by atoms with E-state index in [-0.39, 0.29) is 0 Å². The van der Waals surface area contributed by atoms with Crippen molar-refractivity contribution in [1.29, 1.82) is 0 Å². The molecule has 0 aliphatic heterocycles. The molecule has 0 fully saturated rings. The van der Waals surface area contributed by atoms with Crippen molar-refractivity contribution in [3.8, 4) is 0 Å². The molecule has 0 saturated carbocycles. The molecule has 0 heterocycles. The van der Waals surface area contributed by atoms with E-state index in [1.165, 1.54) is 13.8 Å². The highest BCUT2D eigenvalue weighted by molar-refractivity contribution is 5.75. The lowest BCUT2D eigenvalue weighted by atomic mass is 9.95. The van der Waals surface area contributed by atoms with Gasteiger partial charge >= 0.3 is 5.90 Å². The number of hydrogen-bond donors (Lipinski definition) is 2. The Bertz CT molecular complexity index is 148. The van der Waals surface area contributed by atoms with Crippen LogP contribution in [0.1, 0.15) is 13.8 Å². The van der Waals surface area contributed by atoms with Gasteiger partial charge in [0.2, 0.25) is 0 Å². The predicted molar refractivity (Wildman–Crippen MR) is 35.5 cm³/mol. The number of rotatable bonds is 2. The minimum absolute atomic E-state index is 0.445. The molecular weight excluding hydrogens is 138 g/mol. The molecule has 0 rings (SSSR count). The first-order valence-corrected chi connectivity index (χ1v) is 2.73. The quantitative estimate of drug-likeness (QED) is 0.249. The van der Waals surface area contributed by atoms with Gasteiger partial charge in [0, 0.05) is 0 Å². The van der Waals surface area contributed by atoms with Crippen molar-refractivity contribution >= 4 is 5.90 Å². The normalized spacial score (nSPS) is 11.1. The zero-order chi connectivity index (χ0) is 8.36. The first-order valence-electron chi connectivity index (χ1n) is 2.73. The maximum atomic E-state index is 9.91. The molecule has 5 heteroatoms. The molecule has 0 aromatic rings. The van der Waals surface area contributed by atoms with E-state index in [4.69, 9.17) is 10.2 Å². The molecule has 0 saturated heterocycles. The van der Waals surface area contributed by atoms with Crippen LogP contribution in [0.4, 0.5) is 0 Å². The zero-order valence-electron chi connectivity index (χ0n) is 5.87. The average Bonchev–Trinajstić information content (AvgIpc) is 1.86. The molecule has 5 nitrogen and oxygen atoms in total. The maximum absolute atomic E-state index is 9.91. The predicted octanol–water partition coefficient (Wildman–Crippen LogP) is -0.0305. The molecule has 0 bridgehead atoms. The molecule has 0 amide bonds. The van der Waals surface area contributed by atoms with E-state index in [1.807, 2.05) is 0 Å². The first kappa shape index (κ1) is 9.03. The van der Waals surface area contributed by atoms with Crippen LogP contribution in [0.2, 0.25) is 0 Å². The number of aliphatic hydroxyl groups is 2. The Morgan fingerprint density at radius 3 is 2.00 bits per heavy atom. The summed E-state index contributed by atoms with van der Waals surface area (Å²) in [5.74, 6) is -0.907. The van der Waals surface area contributed by atoms with E-state index in [2.05, 4.69) is 0 Å². The van der Waals surface area contributed by atoms with E-state index in [1.54, 1.807) is 0 Å². The summed E-state index contributed by atoms with van der Waals surface area (Å²) in [5.41, 5.74) is -1.15. The fourth-order valence-corrected chi connectivity index (χ4v) is 0.318. The highest BCUT2D eigenvalue weighted by atomic mass is 16.8. The Hall–Kier alpha value is -0.970. The van der Waals surface area contributed by atoms with E-state index < -0.39 is 22.8 Å². The molecule has 0 aromatic heterocycles.